The topological polar surface area (TPSA) is 50.4 Å². The molecule has 0 aliphatic rings. The zero-order valence-corrected chi connectivity index (χ0v) is 10.7. The highest BCUT2D eigenvalue weighted by Gasteiger charge is 2.35. The van der Waals surface area contributed by atoms with Crippen LogP contribution in [0, 0.1) is 0 Å². The molecule has 0 aliphatic heterocycles. The SMILES string of the molecule is OC(c1cn2ccccc2n1)c1cnc(C(F)(F)F)s1. The molecule has 4 nitrogen and oxygen atoms in total. The Bertz CT molecular complexity index is 717. The van der Waals surface area contributed by atoms with Crippen molar-refractivity contribution in [2.24, 2.45) is 0 Å². The van der Waals surface area contributed by atoms with Crippen LogP contribution in [0.4, 0.5) is 13.2 Å². The summed E-state index contributed by atoms with van der Waals surface area (Å²) in [5, 5.41) is 9.12. The van der Waals surface area contributed by atoms with Crippen molar-refractivity contribution in [2.45, 2.75) is 12.3 Å². The second-order valence-electron chi connectivity index (χ2n) is 4.10. The van der Waals surface area contributed by atoms with Gasteiger partial charge in [0.2, 0.25) is 0 Å². The average molecular weight is 299 g/mol. The molecule has 20 heavy (non-hydrogen) atoms. The second kappa shape index (κ2) is 4.57. The summed E-state index contributed by atoms with van der Waals surface area (Å²) < 4.78 is 39.1. The summed E-state index contributed by atoms with van der Waals surface area (Å²) in [7, 11) is 0. The molecule has 3 rings (SSSR count). The Kier molecular flexibility index (Phi) is 2.98. The lowest BCUT2D eigenvalue weighted by Gasteiger charge is -2.03. The van der Waals surface area contributed by atoms with Crippen molar-refractivity contribution >= 4 is 17.0 Å². The number of alkyl halides is 3. The Morgan fingerprint density at radius 1 is 1.30 bits per heavy atom. The van der Waals surface area contributed by atoms with Gasteiger partial charge in [-0.2, -0.15) is 13.2 Å². The van der Waals surface area contributed by atoms with E-state index in [9.17, 15) is 18.3 Å². The van der Waals surface area contributed by atoms with E-state index in [1.54, 1.807) is 35.0 Å². The van der Waals surface area contributed by atoms with Gasteiger partial charge >= 0.3 is 6.18 Å². The van der Waals surface area contributed by atoms with E-state index in [0.29, 0.717) is 17.0 Å². The van der Waals surface area contributed by atoms with E-state index in [0.717, 1.165) is 6.20 Å². The number of rotatable bonds is 2. The summed E-state index contributed by atoms with van der Waals surface area (Å²) in [6.07, 6.45) is -1.37. The number of imidazole rings is 1. The number of aliphatic hydroxyl groups excluding tert-OH is 1. The number of pyridine rings is 1. The molecule has 0 radical (unpaired) electrons. The molecule has 104 valence electrons. The maximum atomic E-state index is 12.5. The van der Waals surface area contributed by atoms with Gasteiger partial charge in [-0.15, -0.1) is 11.3 Å². The van der Waals surface area contributed by atoms with Crippen LogP contribution >= 0.6 is 11.3 Å². The van der Waals surface area contributed by atoms with Crippen LogP contribution in [0.25, 0.3) is 5.65 Å². The van der Waals surface area contributed by atoms with Crippen molar-refractivity contribution in [2.75, 3.05) is 0 Å². The molecule has 0 spiro atoms. The monoisotopic (exact) mass is 299 g/mol. The smallest absolute Gasteiger partial charge is 0.381 e. The number of halogens is 3. The van der Waals surface area contributed by atoms with Crippen LogP contribution in [-0.4, -0.2) is 19.5 Å². The van der Waals surface area contributed by atoms with Crippen molar-refractivity contribution in [3.8, 4) is 0 Å². The van der Waals surface area contributed by atoms with E-state index >= 15 is 0 Å². The predicted octanol–water partition coefficient (Wildman–Crippen LogP) is 2.89. The highest BCUT2D eigenvalue weighted by atomic mass is 32.1. The van der Waals surface area contributed by atoms with Gasteiger partial charge in [-0.3, -0.25) is 0 Å². The lowest BCUT2D eigenvalue weighted by atomic mass is 10.2. The van der Waals surface area contributed by atoms with Crippen LogP contribution in [0.5, 0.6) is 0 Å². The molecule has 1 unspecified atom stereocenters. The normalized spacial score (nSPS) is 13.8. The maximum absolute atomic E-state index is 12.5. The van der Waals surface area contributed by atoms with Gasteiger partial charge in [-0.25, -0.2) is 9.97 Å². The zero-order valence-electron chi connectivity index (χ0n) is 9.87. The molecule has 1 N–H and O–H groups in total. The molecule has 0 saturated heterocycles. The van der Waals surface area contributed by atoms with Crippen LogP contribution in [0.3, 0.4) is 0 Å². The van der Waals surface area contributed by atoms with Crippen LogP contribution < -0.4 is 0 Å². The van der Waals surface area contributed by atoms with Gasteiger partial charge in [-0.1, -0.05) is 6.07 Å². The van der Waals surface area contributed by atoms with Crippen molar-refractivity contribution in [3.05, 3.63) is 52.4 Å². The molecule has 0 bridgehead atoms. The quantitative estimate of drug-likeness (QED) is 0.791. The number of nitrogens with zero attached hydrogens (tertiary/aromatic N) is 3. The molecule has 0 fully saturated rings. The number of fused-ring (bicyclic) bond motifs is 1. The summed E-state index contributed by atoms with van der Waals surface area (Å²) in [5.41, 5.74) is 0.899. The van der Waals surface area contributed by atoms with E-state index in [1.807, 2.05) is 0 Å². The number of hydrogen-bond donors (Lipinski definition) is 1. The van der Waals surface area contributed by atoms with Crippen molar-refractivity contribution in [1.82, 2.24) is 14.4 Å². The Balaban J connectivity index is 1.95. The second-order valence-corrected chi connectivity index (χ2v) is 5.16. The van der Waals surface area contributed by atoms with E-state index in [2.05, 4.69) is 9.97 Å². The largest absolute Gasteiger partial charge is 0.443 e. The molecule has 0 aromatic carbocycles. The van der Waals surface area contributed by atoms with Crippen molar-refractivity contribution < 1.29 is 18.3 Å². The Morgan fingerprint density at radius 2 is 2.10 bits per heavy atom. The summed E-state index contributed by atoms with van der Waals surface area (Å²) in [6.45, 7) is 0. The minimum atomic E-state index is -4.50. The fraction of sp³-hybridized carbons (Fsp3) is 0.167. The molecule has 0 saturated carbocycles. The summed E-state index contributed by atoms with van der Waals surface area (Å²) in [6, 6.07) is 5.32. The van der Waals surface area contributed by atoms with Gasteiger partial charge in [0, 0.05) is 18.6 Å². The molecule has 0 aliphatic carbocycles. The summed E-state index contributed by atoms with van der Waals surface area (Å²) in [5.74, 6) is 0. The molecule has 3 aromatic heterocycles. The Hall–Kier alpha value is -1.93. The highest BCUT2D eigenvalue weighted by molar-refractivity contribution is 7.11. The maximum Gasteiger partial charge on any atom is 0.443 e. The molecule has 3 aromatic rings. The van der Waals surface area contributed by atoms with Crippen molar-refractivity contribution in [3.63, 3.8) is 0 Å². The molecular weight excluding hydrogens is 291 g/mol. The highest BCUT2D eigenvalue weighted by Crippen LogP contribution is 2.35. The van der Waals surface area contributed by atoms with Crippen LogP contribution in [0.1, 0.15) is 21.7 Å². The summed E-state index contributed by atoms with van der Waals surface area (Å²) in [4.78, 5) is 7.57. The summed E-state index contributed by atoms with van der Waals surface area (Å²) >= 11 is 0.417. The molecule has 0 amide bonds. The first-order valence-electron chi connectivity index (χ1n) is 5.60. The third-order valence-corrected chi connectivity index (χ3v) is 3.79. The minimum absolute atomic E-state index is 0.112. The fourth-order valence-electron chi connectivity index (χ4n) is 1.78. The van der Waals surface area contributed by atoms with Gasteiger partial charge < -0.3 is 9.51 Å². The predicted molar refractivity (Wildman–Crippen MR) is 66.4 cm³/mol. The van der Waals surface area contributed by atoms with E-state index in [-0.39, 0.29) is 10.6 Å². The van der Waals surface area contributed by atoms with Crippen LogP contribution in [0.2, 0.25) is 0 Å². The lowest BCUT2D eigenvalue weighted by Crippen LogP contribution is -2.03. The van der Waals surface area contributed by atoms with Gasteiger partial charge in [0.1, 0.15) is 11.8 Å². The van der Waals surface area contributed by atoms with Gasteiger partial charge in [0.25, 0.3) is 0 Å². The van der Waals surface area contributed by atoms with Gasteiger partial charge in [0.15, 0.2) is 5.01 Å². The standard InChI is InChI=1S/C12H8F3N3OS/c13-12(14,15)11-16-5-8(20-11)10(19)7-6-18-4-2-1-3-9(18)17-7/h1-6,10,19H. The van der Waals surface area contributed by atoms with E-state index in [1.165, 1.54) is 0 Å². The first-order chi connectivity index (χ1) is 9.45. The zero-order chi connectivity index (χ0) is 14.3. The molecular formula is C12H8F3N3OS. The van der Waals surface area contributed by atoms with Crippen LogP contribution in [-0.2, 0) is 6.18 Å². The fourth-order valence-corrected chi connectivity index (χ4v) is 2.56. The van der Waals surface area contributed by atoms with Crippen molar-refractivity contribution in [1.29, 1.82) is 0 Å². The van der Waals surface area contributed by atoms with Crippen LogP contribution in [0.15, 0.2) is 36.8 Å². The first-order valence-corrected chi connectivity index (χ1v) is 6.41. The third kappa shape index (κ3) is 2.27. The average Bonchev–Trinajstić information content (AvgIpc) is 3.04. The van der Waals surface area contributed by atoms with E-state index in [4.69, 9.17) is 0 Å². The number of thiazole rings is 1. The molecule has 8 heteroatoms. The number of hydrogen-bond acceptors (Lipinski definition) is 4. The third-order valence-electron chi connectivity index (χ3n) is 2.70. The molecule has 3 heterocycles. The lowest BCUT2D eigenvalue weighted by molar-refractivity contribution is -0.137. The Labute approximate surface area is 115 Å². The first kappa shape index (κ1) is 13.1. The van der Waals surface area contributed by atoms with Gasteiger partial charge in [0.05, 0.1) is 10.6 Å². The Morgan fingerprint density at radius 3 is 2.75 bits per heavy atom. The van der Waals surface area contributed by atoms with E-state index < -0.39 is 17.3 Å². The number of aromatic nitrogens is 3. The number of aliphatic hydroxyl groups is 1. The van der Waals surface area contributed by atoms with Gasteiger partial charge in [-0.05, 0) is 12.1 Å². The minimum Gasteiger partial charge on any atom is -0.381 e. The molecule has 1 atom stereocenters.